The molecule has 1 aromatic carbocycles. The summed E-state index contributed by atoms with van der Waals surface area (Å²) in [5, 5.41) is 2.81. The number of anilines is 1. The minimum Gasteiger partial charge on any atom is -0.330 e. The van der Waals surface area contributed by atoms with Gasteiger partial charge < -0.3 is 19.7 Å². The fourth-order valence-electron chi connectivity index (χ4n) is 3.32. The Labute approximate surface area is 180 Å². The third-order valence-corrected chi connectivity index (χ3v) is 5.38. The Bertz CT molecular complexity index is 974. The number of rotatable bonds is 6. The standard InChI is InChI=1S/C21H25ClFN5O2/c1-4-26(3)9-5-6-20(29)27-12-14(2)28-18(11-24-19(28)13-27)21(30)25-17-8-7-15(23)10-16(17)22/h5-8,10-11,14H,4,9,12-13H2,1-3H3,(H,25,30)/b6-5+/t14-/m0/s1. The molecule has 2 aromatic rings. The van der Waals surface area contributed by atoms with E-state index in [-0.39, 0.29) is 17.0 Å². The summed E-state index contributed by atoms with van der Waals surface area (Å²) in [6.07, 6.45) is 4.92. The van der Waals surface area contributed by atoms with Gasteiger partial charge in [-0.05, 0) is 38.7 Å². The highest BCUT2D eigenvalue weighted by Crippen LogP contribution is 2.26. The molecule has 0 spiro atoms. The van der Waals surface area contributed by atoms with E-state index in [9.17, 15) is 14.0 Å². The zero-order valence-corrected chi connectivity index (χ0v) is 18.0. The van der Waals surface area contributed by atoms with Gasteiger partial charge in [0.25, 0.3) is 5.91 Å². The zero-order chi connectivity index (χ0) is 21.8. The molecular weight excluding hydrogens is 409 g/mol. The molecule has 1 atom stereocenters. The second kappa shape index (κ2) is 9.40. The van der Waals surface area contributed by atoms with Crippen LogP contribution in [-0.2, 0) is 11.3 Å². The number of likely N-dealkylation sites (N-methyl/N-ethyl adjacent to an activating group) is 1. The molecule has 1 aliphatic rings. The van der Waals surface area contributed by atoms with Crippen molar-refractivity contribution in [2.45, 2.75) is 26.4 Å². The molecule has 1 aromatic heterocycles. The molecule has 9 heteroatoms. The quantitative estimate of drug-likeness (QED) is 0.709. The van der Waals surface area contributed by atoms with Crippen molar-refractivity contribution in [2.75, 3.05) is 32.0 Å². The van der Waals surface area contributed by atoms with E-state index in [1.807, 2.05) is 24.6 Å². The largest absolute Gasteiger partial charge is 0.330 e. The van der Waals surface area contributed by atoms with Crippen LogP contribution in [0.3, 0.4) is 0 Å². The molecule has 0 bridgehead atoms. The van der Waals surface area contributed by atoms with Gasteiger partial charge in [-0.25, -0.2) is 9.37 Å². The van der Waals surface area contributed by atoms with Crippen molar-refractivity contribution in [1.29, 1.82) is 0 Å². The van der Waals surface area contributed by atoms with Gasteiger partial charge in [0.15, 0.2) is 0 Å². The smallest absolute Gasteiger partial charge is 0.273 e. The number of halogens is 2. The van der Waals surface area contributed by atoms with Crippen LogP contribution >= 0.6 is 11.6 Å². The van der Waals surface area contributed by atoms with Crippen LogP contribution in [0.15, 0.2) is 36.5 Å². The molecule has 0 aliphatic carbocycles. The number of hydrogen-bond acceptors (Lipinski definition) is 4. The first-order valence-corrected chi connectivity index (χ1v) is 10.1. The van der Waals surface area contributed by atoms with E-state index in [1.165, 1.54) is 18.3 Å². The van der Waals surface area contributed by atoms with Crippen LogP contribution in [0.2, 0.25) is 5.02 Å². The van der Waals surface area contributed by atoms with Crippen LogP contribution < -0.4 is 5.32 Å². The SMILES string of the molecule is CCN(C)C/C=C/C(=O)N1Cc2ncc(C(=O)Nc3ccc(F)cc3Cl)n2[C@@H](C)C1. The number of carbonyl (C=O) groups excluding carboxylic acids is 2. The molecule has 160 valence electrons. The number of aromatic nitrogens is 2. The lowest BCUT2D eigenvalue weighted by Gasteiger charge is -2.32. The average molecular weight is 434 g/mol. The van der Waals surface area contributed by atoms with Crippen LogP contribution in [0.25, 0.3) is 0 Å². The molecule has 0 saturated carbocycles. The third-order valence-electron chi connectivity index (χ3n) is 5.07. The maximum absolute atomic E-state index is 13.2. The maximum Gasteiger partial charge on any atom is 0.273 e. The van der Waals surface area contributed by atoms with E-state index in [2.05, 4.69) is 22.1 Å². The monoisotopic (exact) mass is 433 g/mol. The van der Waals surface area contributed by atoms with Crippen LogP contribution in [0.1, 0.15) is 36.2 Å². The predicted octanol–water partition coefficient (Wildman–Crippen LogP) is 3.34. The van der Waals surface area contributed by atoms with E-state index >= 15 is 0 Å². The lowest BCUT2D eigenvalue weighted by Crippen LogP contribution is -2.40. The van der Waals surface area contributed by atoms with Gasteiger partial charge in [-0.3, -0.25) is 9.59 Å². The Morgan fingerprint density at radius 2 is 2.20 bits per heavy atom. The predicted molar refractivity (Wildman–Crippen MR) is 114 cm³/mol. The first kappa shape index (κ1) is 22.0. The van der Waals surface area contributed by atoms with Gasteiger partial charge in [-0.1, -0.05) is 24.6 Å². The van der Waals surface area contributed by atoms with Gasteiger partial charge >= 0.3 is 0 Å². The fraction of sp³-hybridized carbons (Fsp3) is 0.381. The van der Waals surface area contributed by atoms with Crippen LogP contribution in [-0.4, -0.2) is 57.8 Å². The molecule has 2 amide bonds. The Morgan fingerprint density at radius 1 is 1.43 bits per heavy atom. The Balaban J connectivity index is 1.72. The fourth-order valence-corrected chi connectivity index (χ4v) is 3.54. The molecule has 1 aliphatic heterocycles. The van der Waals surface area contributed by atoms with Crippen molar-refractivity contribution in [2.24, 2.45) is 0 Å². The maximum atomic E-state index is 13.2. The number of imidazole rings is 1. The van der Waals surface area contributed by atoms with E-state index in [1.54, 1.807) is 11.0 Å². The molecule has 2 heterocycles. The summed E-state index contributed by atoms with van der Waals surface area (Å²) in [4.78, 5) is 33.4. The molecule has 0 saturated heterocycles. The summed E-state index contributed by atoms with van der Waals surface area (Å²) in [7, 11) is 1.99. The number of nitrogens with one attached hydrogen (secondary N) is 1. The number of nitrogens with zero attached hydrogens (tertiary/aromatic N) is 4. The second-order valence-corrected chi connectivity index (χ2v) is 7.74. The zero-order valence-electron chi connectivity index (χ0n) is 17.2. The second-order valence-electron chi connectivity index (χ2n) is 7.33. The molecule has 0 unspecified atom stereocenters. The van der Waals surface area contributed by atoms with E-state index in [4.69, 9.17) is 11.6 Å². The van der Waals surface area contributed by atoms with E-state index in [0.29, 0.717) is 36.8 Å². The van der Waals surface area contributed by atoms with Crippen LogP contribution in [0.4, 0.5) is 10.1 Å². The third kappa shape index (κ3) is 4.88. The molecule has 30 heavy (non-hydrogen) atoms. The van der Waals surface area contributed by atoms with Crippen molar-refractivity contribution in [3.63, 3.8) is 0 Å². The summed E-state index contributed by atoms with van der Waals surface area (Å²) in [5.74, 6) is -0.314. The minimum atomic E-state index is -0.478. The van der Waals surface area contributed by atoms with Crippen molar-refractivity contribution in [1.82, 2.24) is 19.4 Å². The number of carbonyl (C=O) groups is 2. The molecular formula is C21H25ClFN5O2. The summed E-state index contributed by atoms with van der Waals surface area (Å²) >= 11 is 6.00. The lowest BCUT2D eigenvalue weighted by atomic mass is 10.2. The minimum absolute atomic E-state index is 0.0790. The van der Waals surface area contributed by atoms with Gasteiger partial charge in [0, 0.05) is 19.2 Å². The van der Waals surface area contributed by atoms with Gasteiger partial charge in [-0.15, -0.1) is 0 Å². The molecule has 0 fully saturated rings. The highest BCUT2D eigenvalue weighted by Gasteiger charge is 2.29. The number of amides is 2. The topological polar surface area (TPSA) is 70.5 Å². The summed E-state index contributed by atoms with van der Waals surface area (Å²) < 4.78 is 15.0. The number of fused-ring (bicyclic) bond motifs is 1. The molecule has 0 radical (unpaired) electrons. The molecule has 3 rings (SSSR count). The van der Waals surface area contributed by atoms with Gasteiger partial charge in [0.05, 0.1) is 29.5 Å². The molecule has 1 N–H and O–H groups in total. The summed E-state index contributed by atoms with van der Waals surface area (Å²) in [6, 6.07) is 3.65. The van der Waals surface area contributed by atoms with Gasteiger partial charge in [-0.2, -0.15) is 0 Å². The first-order chi connectivity index (χ1) is 14.3. The van der Waals surface area contributed by atoms with Crippen molar-refractivity contribution >= 4 is 29.1 Å². The van der Waals surface area contributed by atoms with Gasteiger partial charge in [0.2, 0.25) is 5.91 Å². The lowest BCUT2D eigenvalue weighted by molar-refractivity contribution is -0.128. The highest BCUT2D eigenvalue weighted by atomic mass is 35.5. The Hall–Kier alpha value is -2.71. The summed E-state index contributed by atoms with van der Waals surface area (Å²) in [5.41, 5.74) is 0.686. The van der Waals surface area contributed by atoms with Crippen molar-refractivity contribution < 1.29 is 14.0 Å². The first-order valence-electron chi connectivity index (χ1n) is 9.76. The van der Waals surface area contributed by atoms with E-state index in [0.717, 1.165) is 12.6 Å². The van der Waals surface area contributed by atoms with Gasteiger partial charge in [0.1, 0.15) is 17.3 Å². The van der Waals surface area contributed by atoms with Crippen LogP contribution in [0.5, 0.6) is 0 Å². The number of hydrogen-bond donors (Lipinski definition) is 1. The summed E-state index contributed by atoms with van der Waals surface area (Å²) in [6.45, 7) is 6.39. The number of benzene rings is 1. The average Bonchev–Trinajstić information content (AvgIpc) is 3.14. The molecule has 7 nitrogen and oxygen atoms in total. The van der Waals surface area contributed by atoms with E-state index < -0.39 is 11.7 Å². The highest BCUT2D eigenvalue weighted by molar-refractivity contribution is 6.33. The van der Waals surface area contributed by atoms with Crippen molar-refractivity contribution in [3.8, 4) is 0 Å². The van der Waals surface area contributed by atoms with Crippen molar-refractivity contribution in [3.05, 3.63) is 58.9 Å². The normalized spacial score (nSPS) is 16.2. The Kier molecular flexibility index (Phi) is 6.89. The van der Waals surface area contributed by atoms with Crippen LogP contribution in [0, 0.1) is 5.82 Å². The Morgan fingerprint density at radius 3 is 2.90 bits per heavy atom.